The van der Waals surface area contributed by atoms with Crippen LogP contribution in [0.2, 0.25) is 5.02 Å². The summed E-state index contributed by atoms with van der Waals surface area (Å²) in [6, 6.07) is 8.06. The fraction of sp³-hybridized carbons (Fsp3) is 0.167. The summed E-state index contributed by atoms with van der Waals surface area (Å²) >= 11 is 7.32. The number of hydrogen-bond donors (Lipinski definition) is 1. The van der Waals surface area contributed by atoms with E-state index in [1.807, 2.05) is 13.0 Å². The number of hydrogen-bond acceptors (Lipinski definition) is 2. The second-order valence-electron chi connectivity index (χ2n) is 3.49. The average Bonchev–Trinajstić information content (AvgIpc) is 2.64. The summed E-state index contributed by atoms with van der Waals surface area (Å²) in [5, 5.41) is 10.3. The van der Waals surface area contributed by atoms with Crippen molar-refractivity contribution in [2.24, 2.45) is 0 Å². The van der Waals surface area contributed by atoms with Crippen molar-refractivity contribution in [2.75, 3.05) is 0 Å². The zero-order chi connectivity index (χ0) is 11.7. The van der Waals surface area contributed by atoms with Gasteiger partial charge in [0.15, 0.2) is 0 Å². The van der Waals surface area contributed by atoms with Crippen LogP contribution in [-0.4, -0.2) is 5.11 Å². The number of halogens is 2. The summed E-state index contributed by atoms with van der Waals surface area (Å²) < 4.78 is 13.6. The number of aliphatic hydroxyl groups excluding tert-OH is 1. The molecule has 2 rings (SSSR count). The Labute approximate surface area is 102 Å². The second kappa shape index (κ2) is 4.53. The van der Waals surface area contributed by atoms with Crippen LogP contribution in [0.5, 0.6) is 0 Å². The van der Waals surface area contributed by atoms with Crippen LogP contribution >= 0.6 is 22.9 Å². The molecule has 0 aliphatic rings. The summed E-state index contributed by atoms with van der Waals surface area (Å²) in [5.41, 5.74) is 0.144. The molecule has 1 aromatic carbocycles. The Morgan fingerprint density at radius 3 is 2.62 bits per heavy atom. The van der Waals surface area contributed by atoms with E-state index in [0.717, 1.165) is 4.88 Å². The van der Waals surface area contributed by atoms with E-state index < -0.39 is 11.9 Å². The van der Waals surface area contributed by atoms with Crippen LogP contribution in [0.25, 0.3) is 0 Å². The molecule has 16 heavy (non-hydrogen) atoms. The summed E-state index contributed by atoms with van der Waals surface area (Å²) in [5.74, 6) is -0.481. The van der Waals surface area contributed by atoms with E-state index in [0.29, 0.717) is 4.88 Å². The second-order valence-corrected chi connectivity index (χ2v) is 5.21. The first kappa shape index (κ1) is 11.6. The van der Waals surface area contributed by atoms with Gasteiger partial charge in [-0.2, -0.15) is 0 Å². The molecule has 0 saturated heterocycles. The van der Waals surface area contributed by atoms with E-state index in [1.54, 1.807) is 12.1 Å². The van der Waals surface area contributed by atoms with Gasteiger partial charge in [0.25, 0.3) is 0 Å². The summed E-state index contributed by atoms with van der Waals surface area (Å²) in [4.78, 5) is 1.77. The maximum absolute atomic E-state index is 13.6. The third kappa shape index (κ3) is 2.12. The molecule has 1 heterocycles. The first-order chi connectivity index (χ1) is 7.59. The van der Waals surface area contributed by atoms with E-state index in [9.17, 15) is 9.50 Å². The highest BCUT2D eigenvalue weighted by atomic mass is 35.5. The topological polar surface area (TPSA) is 20.2 Å². The third-order valence-electron chi connectivity index (χ3n) is 2.30. The molecule has 2 aromatic rings. The van der Waals surface area contributed by atoms with Gasteiger partial charge in [-0.25, -0.2) is 4.39 Å². The third-order valence-corrected chi connectivity index (χ3v) is 3.69. The quantitative estimate of drug-likeness (QED) is 0.863. The number of thiophene rings is 1. The minimum atomic E-state index is -0.993. The van der Waals surface area contributed by atoms with Crippen molar-refractivity contribution in [2.45, 2.75) is 13.0 Å². The molecule has 0 aliphatic heterocycles. The minimum absolute atomic E-state index is 0.144. The predicted molar refractivity (Wildman–Crippen MR) is 64.5 cm³/mol. The predicted octanol–water partition coefficient (Wildman–Crippen LogP) is 3.93. The number of benzene rings is 1. The molecule has 0 bridgehead atoms. The molecule has 0 spiro atoms. The average molecular weight is 257 g/mol. The van der Waals surface area contributed by atoms with Crippen molar-refractivity contribution in [3.63, 3.8) is 0 Å². The van der Waals surface area contributed by atoms with Crippen molar-refractivity contribution < 1.29 is 9.50 Å². The van der Waals surface area contributed by atoms with Crippen LogP contribution in [0, 0.1) is 12.7 Å². The lowest BCUT2D eigenvalue weighted by Crippen LogP contribution is -2.01. The number of aliphatic hydroxyl groups is 1. The lowest BCUT2D eigenvalue weighted by molar-refractivity contribution is 0.219. The SMILES string of the molecule is Cc1ccc(C(O)c2c(F)cccc2Cl)s1. The molecule has 4 heteroatoms. The van der Waals surface area contributed by atoms with E-state index in [2.05, 4.69) is 0 Å². The minimum Gasteiger partial charge on any atom is -0.383 e. The molecule has 0 radical (unpaired) electrons. The van der Waals surface area contributed by atoms with Crippen LogP contribution in [0.1, 0.15) is 21.4 Å². The maximum Gasteiger partial charge on any atom is 0.130 e. The Hall–Kier alpha value is -0.900. The summed E-state index contributed by atoms with van der Waals surface area (Å²) in [6.45, 7) is 1.93. The Morgan fingerprint density at radius 1 is 1.31 bits per heavy atom. The monoisotopic (exact) mass is 256 g/mol. The molecule has 1 N–H and O–H groups in total. The van der Waals surface area contributed by atoms with E-state index in [-0.39, 0.29) is 10.6 Å². The molecule has 1 atom stereocenters. The standard InChI is InChI=1S/C12H10ClFOS/c1-7-5-6-10(16-7)12(15)11-8(13)3-2-4-9(11)14/h2-6,12,15H,1H3. The van der Waals surface area contributed by atoms with E-state index in [1.165, 1.54) is 23.5 Å². The summed E-state index contributed by atoms with van der Waals surface area (Å²) in [6.07, 6.45) is -0.993. The van der Waals surface area contributed by atoms with Gasteiger partial charge >= 0.3 is 0 Å². The van der Waals surface area contributed by atoms with Gasteiger partial charge in [-0.05, 0) is 31.2 Å². The Bertz CT molecular complexity index is 489. The normalized spacial score (nSPS) is 12.8. The van der Waals surface area contributed by atoms with Crippen molar-refractivity contribution in [3.05, 3.63) is 56.5 Å². The molecule has 1 aromatic heterocycles. The van der Waals surface area contributed by atoms with Crippen LogP contribution in [0.3, 0.4) is 0 Å². The first-order valence-electron chi connectivity index (χ1n) is 4.78. The van der Waals surface area contributed by atoms with Crippen molar-refractivity contribution in [1.29, 1.82) is 0 Å². The molecule has 84 valence electrons. The first-order valence-corrected chi connectivity index (χ1v) is 5.97. The van der Waals surface area contributed by atoms with Crippen LogP contribution in [0.4, 0.5) is 4.39 Å². The lowest BCUT2D eigenvalue weighted by Gasteiger charge is -2.11. The highest BCUT2D eigenvalue weighted by Crippen LogP contribution is 2.33. The zero-order valence-electron chi connectivity index (χ0n) is 8.58. The van der Waals surface area contributed by atoms with Crippen LogP contribution < -0.4 is 0 Å². The molecular weight excluding hydrogens is 247 g/mol. The molecule has 1 unspecified atom stereocenters. The molecular formula is C12H10ClFOS. The van der Waals surface area contributed by atoms with Gasteiger partial charge in [-0.1, -0.05) is 17.7 Å². The molecule has 1 nitrogen and oxygen atoms in total. The van der Waals surface area contributed by atoms with Gasteiger partial charge in [0.2, 0.25) is 0 Å². The number of rotatable bonds is 2. The highest BCUT2D eigenvalue weighted by molar-refractivity contribution is 7.12. The fourth-order valence-corrected chi connectivity index (χ4v) is 2.65. The largest absolute Gasteiger partial charge is 0.383 e. The Kier molecular flexibility index (Phi) is 3.28. The lowest BCUT2D eigenvalue weighted by atomic mass is 10.1. The van der Waals surface area contributed by atoms with Gasteiger partial charge in [-0.15, -0.1) is 11.3 Å². The fourth-order valence-electron chi connectivity index (χ4n) is 1.51. The zero-order valence-corrected chi connectivity index (χ0v) is 10.1. The van der Waals surface area contributed by atoms with Crippen molar-refractivity contribution in [3.8, 4) is 0 Å². The van der Waals surface area contributed by atoms with Crippen LogP contribution in [-0.2, 0) is 0 Å². The van der Waals surface area contributed by atoms with E-state index >= 15 is 0 Å². The molecule has 0 aliphatic carbocycles. The number of aryl methyl sites for hydroxylation is 1. The van der Waals surface area contributed by atoms with Crippen molar-refractivity contribution in [1.82, 2.24) is 0 Å². The van der Waals surface area contributed by atoms with Crippen LogP contribution in [0.15, 0.2) is 30.3 Å². The molecule has 0 saturated carbocycles. The molecule has 0 fully saturated rings. The smallest absolute Gasteiger partial charge is 0.130 e. The van der Waals surface area contributed by atoms with Gasteiger partial charge < -0.3 is 5.11 Å². The molecule has 0 amide bonds. The van der Waals surface area contributed by atoms with Crippen molar-refractivity contribution >= 4 is 22.9 Å². The van der Waals surface area contributed by atoms with Gasteiger partial charge in [0.05, 0.1) is 0 Å². The van der Waals surface area contributed by atoms with Gasteiger partial charge in [0, 0.05) is 20.3 Å². The summed E-state index contributed by atoms with van der Waals surface area (Å²) in [7, 11) is 0. The Morgan fingerprint density at radius 2 is 2.06 bits per heavy atom. The van der Waals surface area contributed by atoms with E-state index in [4.69, 9.17) is 11.6 Å². The van der Waals surface area contributed by atoms with Gasteiger partial charge in [0.1, 0.15) is 11.9 Å². The highest BCUT2D eigenvalue weighted by Gasteiger charge is 2.19. The van der Waals surface area contributed by atoms with Gasteiger partial charge in [-0.3, -0.25) is 0 Å². The maximum atomic E-state index is 13.6. The Balaban J connectivity index is 2.45.